The van der Waals surface area contributed by atoms with E-state index in [4.69, 9.17) is 0 Å². The molecule has 2 N–H and O–H groups in total. The van der Waals surface area contributed by atoms with Crippen molar-refractivity contribution in [2.75, 3.05) is 5.32 Å². The van der Waals surface area contributed by atoms with Gasteiger partial charge in [-0.05, 0) is 25.1 Å². The smallest absolute Gasteiger partial charge is 0.248 e. The van der Waals surface area contributed by atoms with Crippen molar-refractivity contribution < 1.29 is 4.79 Å². The first-order valence-electron chi connectivity index (χ1n) is 6.00. The van der Waals surface area contributed by atoms with Gasteiger partial charge in [0.1, 0.15) is 0 Å². The van der Waals surface area contributed by atoms with Gasteiger partial charge >= 0.3 is 0 Å². The van der Waals surface area contributed by atoms with Crippen molar-refractivity contribution in [3.05, 3.63) is 60.8 Å². The van der Waals surface area contributed by atoms with Crippen LogP contribution >= 0.6 is 0 Å². The van der Waals surface area contributed by atoms with E-state index < -0.39 is 0 Å². The van der Waals surface area contributed by atoms with Crippen LogP contribution in [0.5, 0.6) is 0 Å². The van der Waals surface area contributed by atoms with E-state index in [9.17, 15) is 4.79 Å². The molecule has 0 aliphatic carbocycles. The summed E-state index contributed by atoms with van der Waals surface area (Å²) >= 11 is 0. The third-order valence-electron chi connectivity index (χ3n) is 2.49. The number of nitrogens with zero attached hydrogens (tertiary/aromatic N) is 1. The third-order valence-corrected chi connectivity index (χ3v) is 2.49. The summed E-state index contributed by atoms with van der Waals surface area (Å²) in [5.41, 5.74) is 2.65. The standard InChI is InChI=1S/C15H15N3O/c1-2-3-4-8-15(19)17-13-7-5-6-12(11-13)14-9-10-16-18-14/h2-11H,1H3,(H,16,18)(H,17,19)/b3-2+,8-4+. The van der Waals surface area contributed by atoms with E-state index in [0.717, 1.165) is 16.9 Å². The van der Waals surface area contributed by atoms with Crippen molar-refractivity contribution in [2.24, 2.45) is 0 Å². The molecule has 96 valence electrons. The van der Waals surface area contributed by atoms with Crippen LogP contribution in [0, 0.1) is 0 Å². The largest absolute Gasteiger partial charge is 0.322 e. The van der Waals surface area contributed by atoms with Crippen LogP contribution in [0.1, 0.15) is 6.92 Å². The van der Waals surface area contributed by atoms with E-state index in [1.54, 1.807) is 18.3 Å². The number of benzene rings is 1. The Balaban J connectivity index is 2.09. The quantitative estimate of drug-likeness (QED) is 0.649. The lowest BCUT2D eigenvalue weighted by Gasteiger charge is -2.04. The van der Waals surface area contributed by atoms with Crippen LogP contribution in [-0.4, -0.2) is 16.1 Å². The first-order valence-corrected chi connectivity index (χ1v) is 6.00. The number of aromatic nitrogens is 2. The average molecular weight is 253 g/mol. The second-order valence-corrected chi connectivity index (χ2v) is 3.93. The maximum atomic E-state index is 11.6. The van der Waals surface area contributed by atoms with Gasteiger partial charge in [0.25, 0.3) is 0 Å². The molecule has 1 aromatic carbocycles. The minimum Gasteiger partial charge on any atom is -0.322 e. The molecule has 0 aliphatic rings. The Bertz CT molecular complexity index is 598. The molecule has 4 nitrogen and oxygen atoms in total. The highest BCUT2D eigenvalue weighted by Crippen LogP contribution is 2.20. The number of carbonyl (C=O) groups excluding carboxylic acids is 1. The van der Waals surface area contributed by atoms with Gasteiger partial charge in [-0.25, -0.2) is 0 Å². The number of allylic oxidation sites excluding steroid dienone is 3. The van der Waals surface area contributed by atoms with Crippen LogP contribution in [0.3, 0.4) is 0 Å². The Morgan fingerprint density at radius 1 is 1.32 bits per heavy atom. The minimum atomic E-state index is -0.153. The summed E-state index contributed by atoms with van der Waals surface area (Å²) in [5.74, 6) is -0.153. The summed E-state index contributed by atoms with van der Waals surface area (Å²) in [4.78, 5) is 11.6. The second-order valence-electron chi connectivity index (χ2n) is 3.93. The van der Waals surface area contributed by atoms with Crippen molar-refractivity contribution in [3.8, 4) is 11.3 Å². The summed E-state index contributed by atoms with van der Waals surface area (Å²) in [6.07, 6.45) is 8.56. The van der Waals surface area contributed by atoms with Crippen molar-refractivity contribution in [2.45, 2.75) is 6.92 Å². The summed E-state index contributed by atoms with van der Waals surface area (Å²) in [5, 5.41) is 9.61. The molecule has 0 fully saturated rings. The normalized spacial score (nSPS) is 11.2. The number of amides is 1. The Morgan fingerprint density at radius 3 is 2.95 bits per heavy atom. The molecule has 0 saturated heterocycles. The van der Waals surface area contributed by atoms with Gasteiger partial charge in [0.05, 0.1) is 5.69 Å². The highest BCUT2D eigenvalue weighted by molar-refractivity contribution is 5.99. The molecular formula is C15H15N3O. The summed E-state index contributed by atoms with van der Waals surface area (Å²) < 4.78 is 0. The fraction of sp³-hybridized carbons (Fsp3) is 0.0667. The van der Waals surface area contributed by atoms with Gasteiger partial charge in [-0.15, -0.1) is 0 Å². The van der Waals surface area contributed by atoms with Crippen molar-refractivity contribution in [1.29, 1.82) is 0 Å². The molecule has 0 aliphatic heterocycles. The van der Waals surface area contributed by atoms with Crippen LogP contribution in [0.25, 0.3) is 11.3 Å². The van der Waals surface area contributed by atoms with Gasteiger partial charge in [0.15, 0.2) is 0 Å². The first-order chi connectivity index (χ1) is 9.29. The fourth-order valence-electron chi connectivity index (χ4n) is 1.62. The predicted molar refractivity (Wildman–Crippen MR) is 76.6 cm³/mol. The lowest BCUT2D eigenvalue weighted by molar-refractivity contribution is -0.111. The number of aromatic amines is 1. The van der Waals surface area contributed by atoms with E-state index >= 15 is 0 Å². The van der Waals surface area contributed by atoms with Gasteiger partial charge in [0, 0.05) is 23.5 Å². The van der Waals surface area contributed by atoms with Crippen molar-refractivity contribution in [3.63, 3.8) is 0 Å². The Hall–Kier alpha value is -2.62. The van der Waals surface area contributed by atoms with E-state index in [1.807, 2.05) is 43.3 Å². The fourth-order valence-corrected chi connectivity index (χ4v) is 1.62. The van der Waals surface area contributed by atoms with Crippen LogP contribution < -0.4 is 5.32 Å². The number of hydrogen-bond donors (Lipinski definition) is 2. The molecule has 0 unspecified atom stereocenters. The SMILES string of the molecule is C/C=C/C=C/C(=O)Nc1cccc(-c2ccn[nH]2)c1. The zero-order valence-electron chi connectivity index (χ0n) is 10.6. The topological polar surface area (TPSA) is 57.8 Å². The molecule has 0 atom stereocenters. The van der Waals surface area contributed by atoms with Gasteiger partial charge in [-0.3, -0.25) is 9.89 Å². The number of hydrogen-bond acceptors (Lipinski definition) is 2. The van der Waals surface area contributed by atoms with Gasteiger partial charge in [-0.1, -0.05) is 30.4 Å². The number of carbonyl (C=O) groups is 1. The molecule has 0 spiro atoms. The Labute approximate surface area is 111 Å². The van der Waals surface area contributed by atoms with Gasteiger partial charge < -0.3 is 5.32 Å². The number of nitrogens with one attached hydrogen (secondary N) is 2. The molecule has 19 heavy (non-hydrogen) atoms. The molecule has 1 amide bonds. The number of H-pyrrole nitrogens is 1. The average Bonchev–Trinajstić information content (AvgIpc) is 2.93. The lowest BCUT2D eigenvalue weighted by atomic mass is 10.1. The lowest BCUT2D eigenvalue weighted by Crippen LogP contribution is -2.07. The Kier molecular flexibility index (Phi) is 4.29. The summed E-state index contributed by atoms with van der Waals surface area (Å²) in [6, 6.07) is 9.48. The minimum absolute atomic E-state index is 0.153. The van der Waals surface area contributed by atoms with E-state index in [2.05, 4.69) is 15.5 Å². The molecule has 4 heteroatoms. The molecule has 1 heterocycles. The zero-order valence-corrected chi connectivity index (χ0v) is 10.6. The molecule has 0 radical (unpaired) electrons. The second kappa shape index (κ2) is 6.35. The third kappa shape index (κ3) is 3.67. The molecule has 1 aromatic heterocycles. The molecule has 2 aromatic rings. The maximum absolute atomic E-state index is 11.6. The van der Waals surface area contributed by atoms with Gasteiger partial charge in [-0.2, -0.15) is 5.10 Å². The first kappa shape index (κ1) is 12.8. The number of anilines is 1. The molecule has 0 bridgehead atoms. The summed E-state index contributed by atoms with van der Waals surface area (Å²) in [6.45, 7) is 1.90. The molecule has 0 saturated carbocycles. The highest BCUT2D eigenvalue weighted by atomic mass is 16.1. The van der Waals surface area contributed by atoms with Crippen molar-refractivity contribution in [1.82, 2.24) is 10.2 Å². The summed E-state index contributed by atoms with van der Waals surface area (Å²) in [7, 11) is 0. The van der Waals surface area contributed by atoms with Crippen LogP contribution in [0.4, 0.5) is 5.69 Å². The highest BCUT2D eigenvalue weighted by Gasteiger charge is 2.01. The zero-order chi connectivity index (χ0) is 13.5. The van der Waals surface area contributed by atoms with E-state index in [-0.39, 0.29) is 5.91 Å². The maximum Gasteiger partial charge on any atom is 0.248 e. The van der Waals surface area contributed by atoms with Crippen LogP contribution in [0.2, 0.25) is 0 Å². The van der Waals surface area contributed by atoms with E-state index in [1.165, 1.54) is 6.08 Å². The molecular weight excluding hydrogens is 238 g/mol. The van der Waals surface area contributed by atoms with E-state index in [0.29, 0.717) is 0 Å². The Morgan fingerprint density at radius 2 is 2.21 bits per heavy atom. The molecule has 2 rings (SSSR count). The number of rotatable bonds is 4. The van der Waals surface area contributed by atoms with Crippen LogP contribution in [0.15, 0.2) is 60.8 Å². The van der Waals surface area contributed by atoms with Crippen LogP contribution in [-0.2, 0) is 4.79 Å². The van der Waals surface area contributed by atoms with Crippen molar-refractivity contribution >= 4 is 11.6 Å². The van der Waals surface area contributed by atoms with Gasteiger partial charge in [0.2, 0.25) is 5.91 Å². The predicted octanol–water partition coefficient (Wildman–Crippen LogP) is 3.15. The monoisotopic (exact) mass is 253 g/mol.